The number of ether oxygens (including phenoxy) is 1. The second kappa shape index (κ2) is 8.62. The lowest BCUT2D eigenvalue weighted by Crippen LogP contribution is -2.49. The summed E-state index contributed by atoms with van der Waals surface area (Å²) in [6.07, 6.45) is 0.973. The number of nitrogens with zero attached hydrogens (tertiary/aromatic N) is 1. The van der Waals surface area contributed by atoms with Gasteiger partial charge in [-0.1, -0.05) is 19.9 Å². The van der Waals surface area contributed by atoms with Crippen LogP contribution in [0.1, 0.15) is 40.2 Å². The predicted molar refractivity (Wildman–Crippen MR) is 102 cm³/mol. The molecule has 0 bridgehead atoms. The van der Waals surface area contributed by atoms with E-state index in [1.807, 2.05) is 34.6 Å². The standard InChI is InChI=1S/C18H30N2O5S/c1-13(2)11-20(17(21)19-18(3,4)5)12-14-8-9-15(24-6)16(10-14)25-26(7,22)23/h8-10,13H,11-12H2,1-7H3,(H,19,21). The summed E-state index contributed by atoms with van der Waals surface area (Å²) in [5.74, 6) is 0.702. The van der Waals surface area contributed by atoms with Crippen LogP contribution in [0.2, 0.25) is 0 Å². The molecular formula is C18H30N2O5S. The number of benzene rings is 1. The first-order valence-electron chi connectivity index (χ1n) is 8.44. The summed E-state index contributed by atoms with van der Waals surface area (Å²) in [5.41, 5.74) is 0.394. The molecule has 0 radical (unpaired) electrons. The van der Waals surface area contributed by atoms with Crippen LogP contribution in [0.15, 0.2) is 18.2 Å². The average molecular weight is 387 g/mol. The molecule has 0 fully saturated rings. The first-order valence-corrected chi connectivity index (χ1v) is 10.3. The third-order valence-electron chi connectivity index (χ3n) is 3.20. The van der Waals surface area contributed by atoms with Crippen molar-refractivity contribution in [1.82, 2.24) is 10.2 Å². The highest BCUT2D eigenvalue weighted by atomic mass is 32.2. The normalized spacial score (nSPS) is 12.0. The van der Waals surface area contributed by atoms with Gasteiger partial charge in [-0.25, -0.2) is 4.79 Å². The van der Waals surface area contributed by atoms with Gasteiger partial charge in [0.15, 0.2) is 11.5 Å². The fourth-order valence-corrected chi connectivity index (χ4v) is 2.78. The highest BCUT2D eigenvalue weighted by Crippen LogP contribution is 2.29. The van der Waals surface area contributed by atoms with Crippen molar-refractivity contribution in [2.24, 2.45) is 5.92 Å². The van der Waals surface area contributed by atoms with Gasteiger partial charge in [-0.05, 0) is 44.4 Å². The molecule has 2 amide bonds. The van der Waals surface area contributed by atoms with Gasteiger partial charge >= 0.3 is 16.1 Å². The van der Waals surface area contributed by atoms with E-state index in [2.05, 4.69) is 5.32 Å². The third kappa shape index (κ3) is 7.95. The Kier molecular flexibility index (Phi) is 7.32. The Labute approximate surface area is 156 Å². The lowest BCUT2D eigenvalue weighted by Gasteiger charge is -2.30. The molecule has 0 spiro atoms. The molecule has 26 heavy (non-hydrogen) atoms. The SMILES string of the molecule is COc1ccc(CN(CC(C)C)C(=O)NC(C)(C)C)cc1OS(C)(=O)=O. The highest BCUT2D eigenvalue weighted by molar-refractivity contribution is 7.86. The second-order valence-electron chi connectivity index (χ2n) is 7.73. The van der Waals surface area contributed by atoms with Gasteiger partial charge in [0.25, 0.3) is 0 Å². The first-order chi connectivity index (χ1) is 11.8. The van der Waals surface area contributed by atoms with Crippen LogP contribution in [0.5, 0.6) is 11.5 Å². The molecule has 0 atom stereocenters. The average Bonchev–Trinajstić information content (AvgIpc) is 2.43. The molecule has 8 heteroatoms. The maximum absolute atomic E-state index is 12.6. The molecule has 0 aromatic heterocycles. The minimum absolute atomic E-state index is 0.105. The van der Waals surface area contributed by atoms with E-state index in [4.69, 9.17) is 8.92 Å². The molecule has 0 unspecified atom stereocenters. The topological polar surface area (TPSA) is 84.9 Å². The molecule has 0 aliphatic carbocycles. The Morgan fingerprint density at radius 3 is 2.31 bits per heavy atom. The van der Waals surface area contributed by atoms with E-state index in [0.29, 0.717) is 18.8 Å². The van der Waals surface area contributed by atoms with E-state index in [1.165, 1.54) is 7.11 Å². The van der Waals surface area contributed by atoms with Crippen molar-refractivity contribution in [2.45, 2.75) is 46.7 Å². The molecule has 0 heterocycles. The summed E-state index contributed by atoms with van der Waals surface area (Å²) in [5, 5.41) is 2.96. The van der Waals surface area contributed by atoms with Crippen molar-refractivity contribution < 1.29 is 22.1 Å². The third-order valence-corrected chi connectivity index (χ3v) is 3.68. The van der Waals surface area contributed by atoms with Gasteiger partial charge in [0.1, 0.15) is 0 Å². The largest absolute Gasteiger partial charge is 0.493 e. The van der Waals surface area contributed by atoms with E-state index in [0.717, 1.165) is 11.8 Å². The molecule has 148 valence electrons. The Bertz CT molecular complexity index is 724. The van der Waals surface area contributed by atoms with Gasteiger partial charge in [-0.2, -0.15) is 8.42 Å². The van der Waals surface area contributed by atoms with Crippen LogP contribution in [-0.2, 0) is 16.7 Å². The van der Waals surface area contributed by atoms with Crippen LogP contribution >= 0.6 is 0 Å². The van der Waals surface area contributed by atoms with Crippen molar-refractivity contribution in [2.75, 3.05) is 19.9 Å². The number of carbonyl (C=O) groups excluding carboxylic acids is 1. The maximum atomic E-state index is 12.6. The quantitative estimate of drug-likeness (QED) is 0.728. The zero-order valence-corrected chi connectivity index (χ0v) is 17.4. The van der Waals surface area contributed by atoms with Crippen LogP contribution in [0.4, 0.5) is 4.79 Å². The Hall–Kier alpha value is -1.96. The smallest absolute Gasteiger partial charge is 0.318 e. The second-order valence-corrected chi connectivity index (χ2v) is 9.30. The van der Waals surface area contributed by atoms with Crippen LogP contribution in [0.3, 0.4) is 0 Å². The molecule has 1 N–H and O–H groups in total. The number of nitrogens with one attached hydrogen (secondary N) is 1. The highest BCUT2D eigenvalue weighted by Gasteiger charge is 2.21. The van der Waals surface area contributed by atoms with Gasteiger partial charge in [-0.15, -0.1) is 0 Å². The summed E-state index contributed by atoms with van der Waals surface area (Å²) in [6.45, 7) is 10.7. The molecule has 7 nitrogen and oxygen atoms in total. The molecule has 0 saturated heterocycles. The molecule has 0 aliphatic rings. The molecule has 0 saturated carbocycles. The van der Waals surface area contributed by atoms with Crippen molar-refractivity contribution in [3.63, 3.8) is 0 Å². The molecule has 0 aliphatic heterocycles. The van der Waals surface area contributed by atoms with E-state index in [-0.39, 0.29) is 23.2 Å². The van der Waals surface area contributed by atoms with E-state index >= 15 is 0 Å². The number of hydrogen-bond donors (Lipinski definition) is 1. The first kappa shape index (κ1) is 22.1. The zero-order valence-electron chi connectivity index (χ0n) is 16.6. The minimum atomic E-state index is -3.69. The van der Waals surface area contributed by atoms with Gasteiger partial charge in [-0.3, -0.25) is 0 Å². The Morgan fingerprint density at radius 1 is 1.23 bits per heavy atom. The summed E-state index contributed by atoms with van der Waals surface area (Å²) in [4.78, 5) is 14.3. The predicted octanol–water partition coefficient (Wildman–Crippen LogP) is 3.00. The number of rotatable bonds is 7. The van der Waals surface area contributed by atoms with Gasteiger partial charge in [0.2, 0.25) is 0 Å². The van der Waals surface area contributed by atoms with E-state index in [9.17, 15) is 13.2 Å². The Morgan fingerprint density at radius 2 is 1.85 bits per heavy atom. The zero-order chi connectivity index (χ0) is 20.1. The van der Waals surface area contributed by atoms with Crippen LogP contribution in [0, 0.1) is 5.92 Å². The maximum Gasteiger partial charge on any atom is 0.318 e. The minimum Gasteiger partial charge on any atom is -0.493 e. The van der Waals surface area contributed by atoms with Crippen LogP contribution < -0.4 is 14.2 Å². The summed E-state index contributed by atoms with van der Waals surface area (Å²) >= 11 is 0. The lowest BCUT2D eigenvalue weighted by atomic mass is 10.1. The fourth-order valence-electron chi connectivity index (χ4n) is 2.33. The van der Waals surface area contributed by atoms with Gasteiger partial charge in [0.05, 0.1) is 13.4 Å². The van der Waals surface area contributed by atoms with Crippen molar-refractivity contribution in [3.8, 4) is 11.5 Å². The van der Waals surface area contributed by atoms with Crippen molar-refractivity contribution >= 4 is 16.1 Å². The number of hydrogen-bond acceptors (Lipinski definition) is 5. The molecule has 1 rings (SSSR count). The molecule has 1 aromatic rings. The van der Waals surface area contributed by atoms with E-state index < -0.39 is 10.1 Å². The summed E-state index contributed by atoms with van der Waals surface area (Å²) < 4.78 is 33.1. The summed E-state index contributed by atoms with van der Waals surface area (Å²) in [7, 11) is -2.25. The van der Waals surface area contributed by atoms with Gasteiger partial charge in [0, 0.05) is 18.6 Å². The monoisotopic (exact) mass is 386 g/mol. The van der Waals surface area contributed by atoms with Gasteiger partial charge < -0.3 is 19.1 Å². The lowest BCUT2D eigenvalue weighted by molar-refractivity contribution is 0.179. The molecule has 1 aromatic carbocycles. The number of amides is 2. The van der Waals surface area contributed by atoms with Crippen LogP contribution in [0.25, 0.3) is 0 Å². The number of methoxy groups -OCH3 is 1. The van der Waals surface area contributed by atoms with E-state index in [1.54, 1.807) is 23.1 Å². The molecular weight excluding hydrogens is 356 g/mol. The van der Waals surface area contributed by atoms with Crippen LogP contribution in [-0.4, -0.2) is 44.8 Å². The fraction of sp³-hybridized carbons (Fsp3) is 0.611. The Balaban J connectivity index is 3.10. The summed E-state index contributed by atoms with van der Waals surface area (Å²) in [6, 6.07) is 4.82. The number of urea groups is 1. The number of carbonyl (C=O) groups is 1. The van der Waals surface area contributed by atoms with Crippen molar-refractivity contribution in [3.05, 3.63) is 23.8 Å². The van der Waals surface area contributed by atoms with Crippen molar-refractivity contribution in [1.29, 1.82) is 0 Å².